The maximum Gasteiger partial charge on any atom is 0.484 e. The summed E-state index contributed by atoms with van der Waals surface area (Å²) in [5, 5.41) is 0. The van der Waals surface area contributed by atoms with E-state index in [9.17, 15) is 0 Å². The van der Waals surface area contributed by atoms with Crippen molar-refractivity contribution in [2.45, 2.75) is 72.6 Å². The summed E-state index contributed by atoms with van der Waals surface area (Å²) < 4.78 is 15.7. The summed E-state index contributed by atoms with van der Waals surface area (Å²) in [5.41, 5.74) is 0. The van der Waals surface area contributed by atoms with E-state index in [-0.39, 0.29) is 0 Å². The highest BCUT2D eigenvalue weighted by molar-refractivity contribution is 6.36. The molecule has 0 spiro atoms. The molecule has 0 aromatic carbocycles. The monoisotopic (exact) mass is 333 g/mol. The van der Waals surface area contributed by atoms with E-state index in [1.165, 1.54) is 64.6 Å². The lowest BCUT2D eigenvalue weighted by molar-refractivity contribution is 0.107. The van der Waals surface area contributed by atoms with Crippen molar-refractivity contribution in [2.24, 2.45) is 0 Å². The highest BCUT2D eigenvalue weighted by Crippen LogP contribution is 2.09. The third kappa shape index (κ3) is 13.7. The second kappa shape index (κ2) is 17.4. The van der Waals surface area contributed by atoms with Gasteiger partial charge in [0.25, 0.3) is 0 Å². The first-order valence-electron chi connectivity index (χ1n) is 9.35. The first kappa shape index (κ1) is 22.1. The van der Waals surface area contributed by atoms with E-state index in [4.69, 9.17) is 13.3 Å². The average molecular weight is 334 g/mol. The molecule has 0 amide bonds. The number of hydrogen-bond donors (Lipinski definition) is 0. The van der Waals surface area contributed by atoms with Crippen LogP contribution in [0.3, 0.4) is 0 Å². The lowest BCUT2D eigenvalue weighted by atomic mass is 10.1. The molecular formula is C17H39NO3Si. The number of unbranched alkanes of at least 4 members (excludes halogenated alkanes) is 5. The second-order valence-electron chi connectivity index (χ2n) is 5.62. The zero-order chi connectivity index (χ0) is 16.5. The molecule has 22 heavy (non-hydrogen) atoms. The Balaban J connectivity index is 0.000000409. The molecule has 0 unspecified atom stereocenters. The van der Waals surface area contributed by atoms with Crippen molar-refractivity contribution in [3.05, 3.63) is 0 Å². The smallest absolute Gasteiger partial charge is 0.376 e. The van der Waals surface area contributed by atoms with Gasteiger partial charge in [-0.15, -0.1) is 0 Å². The summed E-state index contributed by atoms with van der Waals surface area (Å²) in [6.07, 6.45) is 10.0. The van der Waals surface area contributed by atoms with Crippen LogP contribution in [0.4, 0.5) is 0 Å². The fraction of sp³-hybridized carbons (Fsp3) is 1.00. The molecule has 1 saturated heterocycles. The minimum atomic E-state index is -1.73. The van der Waals surface area contributed by atoms with Crippen LogP contribution < -0.4 is 0 Å². The molecular weight excluding hydrogens is 294 g/mol. The largest absolute Gasteiger partial charge is 0.484 e. The molecule has 1 rings (SSSR count). The summed E-state index contributed by atoms with van der Waals surface area (Å²) in [6.45, 7) is 14.2. The molecule has 0 aromatic heterocycles. The Morgan fingerprint density at radius 3 is 1.64 bits per heavy atom. The topological polar surface area (TPSA) is 30.9 Å². The van der Waals surface area contributed by atoms with Crippen LogP contribution in [-0.4, -0.2) is 53.9 Å². The zero-order valence-corrected chi connectivity index (χ0v) is 16.6. The fourth-order valence-electron chi connectivity index (χ4n) is 2.27. The van der Waals surface area contributed by atoms with Crippen LogP contribution in [0.5, 0.6) is 0 Å². The number of likely N-dealkylation sites (tertiary alicyclic amines) is 1. The molecule has 1 aliphatic rings. The standard InChI is InChI=1S/C11H23N.C6H16O3Si/c1-2-3-4-5-6-7-9-12-10-8-11-12;1-4-7-10(8-5-2)9-6-3/h2-11H2,1H3;10H,4-6H2,1-3H3. The van der Waals surface area contributed by atoms with Gasteiger partial charge in [0.2, 0.25) is 0 Å². The lowest BCUT2D eigenvalue weighted by Gasteiger charge is -2.30. The first-order chi connectivity index (χ1) is 10.8. The van der Waals surface area contributed by atoms with E-state index in [0.717, 1.165) is 0 Å². The quantitative estimate of drug-likeness (QED) is 0.378. The molecule has 1 heterocycles. The average Bonchev–Trinajstić information content (AvgIpc) is 2.46. The van der Waals surface area contributed by atoms with E-state index in [1.54, 1.807) is 0 Å². The normalized spacial score (nSPS) is 14.6. The molecule has 4 nitrogen and oxygen atoms in total. The minimum Gasteiger partial charge on any atom is -0.376 e. The van der Waals surface area contributed by atoms with Crippen molar-refractivity contribution in [1.29, 1.82) is 0 Å². The Morgan fingerprint density at radius 1 is 0.727 bits per heavy atom. The van der Waals surface area contributed by atoms with Crippen molar-refractivity contribution in [1.82, 2.24) is 4.90 Å². The van der Waals surface area contributed by atoms with Crippen LogP contribution in [-0.2, 0) is 13.3 Å². The van der Waals surface area contributed by atoms with E-state index in [0.29, 0.717) is 19.8 Å². The van der Waals surface area contributed by atoms with Crippen LogP contribution in [0, 0.1) is 0 Å². The summed E-state index contributed by atoms with van der Waals surface area (Å²) in [4.78, 5) is 2.57. The minimum absolute atomic E-state index is 0.677. The van der Waals surface area contributed by atoms with E-state index < -0.39 is 9.53 Å². The van der Waals surface area contributed by atoms with Crippen LogP contribution >= 0.6 is 0 Å². The molecule has 1 aliphatic heterocycles. The van der Waals surface area contributed by atoms with E-state index in [2.05, 4.69) is 11.8 Å². The predicted octanol–water partition coefficient (Wildman–Crippen LogP) is 3.87. The summed E-state index contributed by atoms with van der Waals surface area (Å²) in [6, 6.07) is 0. The molecule has 0 N–H and O–H groups in total. The van der Waals surface area contributed by atoms with Gasteiger partial charge in [0.1, 0.15) is 0 Å². The van der Waals surface area contributed by atoms with Gasteiger partial charge in [-0.3, -0.25) is 0 Å². The van der Waals surface area contributed by atoms with Crippen LogP contribution in [0.2, 0.25) is 0 Å². The second-order valence-corrected chi connectivity index (χ2v) is 7.20. The van der Waals surface area contributed by atoms with Gasteiger partial charge in [0.05, 0.1) is 0 Å². The van der Waals surface area contributed by atoms with Crippen molar-refractivity contribution >= 4 is 9.53 Å². The maximum absolute atomic E-state index is 5.22. The molecule has 1 fully saturated rings. The van der Waals surface area contributed by atoms with Crippen molar-refractivity contribution in [2.75, 3.05) is 39.5 Å². The summed E-state index contributed by atoms with van der Waals surface area (Å²) in [5.74, 6) is 0. The molecule has 0 bridgehead atoms. The van der Waals surface area contributed by atoms with Crippen molar-refractivity contribution in [3.8, 4) is 0 Å². The molecule has 0 aliphatic carbocycles. The molecule has 0 saturated carbocycles. The molecule has 134 valence electrons. The van der Waals surface area contributed by atoms with Gasteiger partial charge in [-0.2, -0.15) is 0 Å². The van der Waals surface area contributed by atoms with E-state index in [1.807, 2.05) is 20.8 Å². The molecule has 0 atom stereocenters. The third-order valence-corrected chi connectivity index (χ3v) is 5.50. The predicted molar refractivity (Wildman–Crippen MR) is 96.5 cm³/mol. The Morgan fingerprint density at radius 2 is 1.23 bits per heavy atom. The van der Waals surface area contributed by atoms with E-state index >= 15 is 0 Å². The Hall–Kier alpha value is 0.0569. The summed E-state index contributed by atoms with van der Waals surface area (Å²) >= 11 is 0. The first-order valence-corrected chi connectivity index (χ1v) is 10.8. The van der Waals surface area contributed by atoms with Gasteiger partial charge in [0, 0.05) is 19.8 Å². The van der Waals surface area contributed by atoms with Gasteiger partial charge in [-0.1, -0.05) is 39.0 Å². The number of nitrogens with zero attached hydrogens (tertiary/aromatic N) is 1. The fourth-order valence-corrected chi connectivity index (χ4v) is 3.38. The maximum atomic E-state index is 5.22. The SMILES string of the molecule is CCCCCCCCN1CCC1.CCO[SiH](OCC)OCC. The lowest BCUT2D eigenvalue weighted by Crippen LogP contribution is -2.37. The highest BCUT2D eigenvalue weighted by Gasteiger charge is 2.12. The molecule has 5 heteroatoms. The third-order valence-electron chi connectivity index (χ3n) is 3.68. The summed E-state index contributed by atoms with van der Waals surface area (Å²) in [7, 11) is -1.73. The van der Waals surface area contributed by atoms with Crippen molar-refractivity contribution < 1.29 is 13.3 Å². The number of hydrogen-bond acceptors (Lipinski definition) is 4. The van der Waals surface area contributed by atoms with Gasteiger partial charge in [-0.05, 0) is 53.2 Å². The van der Waals surface area contributed by atoms with Gasteiger partial charge in [0.15, 0.2) is 0 Å². The van der Waals surface area contributed by atoms with Crippen molar-refractivity contribution in [3.63, 3.8) is 0 Å². The molecule has 0 radical (unpaired) electrons. The van der Waals surface area contributed by atoms with Gasteiger partial charge in [-0.25, -0.2) is 0 Å². The molecule has 0 aromatic rings. The van der Waals surface area contributed by atoms with Crippen LogP contribution in [0.15, 0.2) is 0 Å². The van der Waals surface area contributed by atoms with Gasteiger partial charge >= 0.3 is 9.53 Å². The van der Waals surface area contributed by atoms with Gasteiger partial charge < -0.3 is 18.2 Å². The van der Waals surface area contributed by atoms with Crippen LogP contribution in [0.1, 0.15) is 72.6 Å². The Bertz CT molecular complexity index is 202. The Kier molecular flexibility index (Phi) is 17.5. The zero-order valence-electron chi connectivity index (χ0n) is 15.4. The number of rotatable bonds is 13. The highest BCUT2D eigenvalue weighted by atomic mass is 28.3. The Labute approximate surface area is 140 Å². The van der Waals surface area contributed by atoms with Crippen LogP contribution in [0.25, 0.3) is 0 Å².